The molecule has 0 atom stereocenters. The molecule has 6 nitrogen and oxygen atoms in total. The molecule has 0 aliphatic rings. The first-order valence-electron chi connectivity index (χ1n) is 7.80. The van der Waals surface area contributed by atoms with Crippen molar-refractivity contribution in [2.75, 3.05) is 11.5 Å². The number of benzene rings is 2. The van der Waals surface area contributed by atoms with Crippen LogP contribution in [0.1, 0.15) is 0 Å². The van der Waals surface area contributed by atoms with Gasteiger partial charge in [-0.15, -0.1) is 10.2 Å². The van der Waals surface area contributed by atoms with Gasteiger partial charge >= 0.3 is 0 Å². The summed E-state index contributed by atoms with van der Waals surface area (Å²) >= 11 is 0. The minimum atomic E-state index is 0.706. The SMILES string of the molecule is Nc1ccc(-c2nnc(-c3ccc(N)cc3)n2-c2ccncc2)cc1. The number of anilines is 2. The van der Waals surface area contributed by atoms with E-state index < -0.39 is 0 Å². The second-order valence-electron chi connectivity index (χ2n) is 5.63. The zero-order valence-electron chi connectivity index (χ0n) is 13.4. The lowest BCUT2D eigenvalue weighted by Gasteiger charge is -2.11. The maximum atomic E-state index is 5.80. The summed E-state index contributed by atoms with van der Waals surface area (Å²) in [7, 11) is 0. The van der Waals surface area contributed by atoms with Crippen molar-refractivity contribution >= 4 is 11.4 Å². The van der Waals surface area contributed by atoms with E-state index in [2.05, 4.69) is 15.2 Å². The Labute approximate surface area is 144 Å². The topological polar surface area (TPSA) is 95.6 Å². The van der Waals surface area contributed by atoms with E-state index in [1.165, 1.54) is 0 Å². The molecule has 0 aliphatic heterocycles. The van der Waals surface area contributed by atoms with Crippen LogP contribution < -0.4 is 11.5 Å². The minimum Gasteiger partial charge on any atom is -0.399 e. The van der Waals surface area contributed by atoms with Crippen LogP contribution in [0.25, 0.3) is 28.5 Å². The largest absolute Gasteiger partial charge is 0.399 e. The standard InChI is InChI=1S/C19H16N6/c20-15-5-1-13(2-6-15)18-23-24-19(14-3-7-16(21)8-4-14)25(18)17-9-11-22-12-10-17/h1-12H,20-21H2. The molecule has 6 heteroatoms. The van der Waals surface area contributed by atoms with Gasteiger partial charge in [0.25, 0.3) is 0 Å². The zero-order chi connectivity index (χ0) is 17.2. The van der Waals surface area contributed by atoms with E-state index in [4.69, 9.17) is 11.5 Å². The lowest BCUT2D eigenvalue weighted by Crippen LogP contribution is -2.00. The fourth-order valence-corrected chi connectivity index (χ4v) is 2.66. The number of nitrogens with two attached hydrogens (primary N) is 2. The third-order valence-electron chi connectivity index (χ3n) is 3.92. The fraction of sp³-hybridized carbons (Fsp3) is 0. The van der Waals surface area contributed by atoms with Gasteiger partial charge in [-0.3, -0.25) is 9.55 Å². The average molecular weight is 328 g/mol. The number of hydrogen-bond donors (Lipinski definition) is 2. The van der Waals surface area contributed by atoms with E-state index in [-0.39, 0.29) is 0 Å². The highest BCUT2D eigenvalue weighted by Crippen LogP contribution is 2.29. The summed E-state index contributed by atoms with van der Waals surface area (Å²) in [5.41, 5.74) is 15.8. The molecule has 0 radical (unpaired) electrons. The number of rotatable bonds is 3. The molecule has 2 aromatic carbocycles. The van der Waals surface area contributed by atoms with Gasteiger partial charge in [-0.1, -0.05) is 0 Å². The molecule has 0 bridgehead atoms. The van der Waals surface area contributed by atoms with Crippen molar-refractivity contribution in [1.29, 1.82) is 0 Å². The van der Waals surface area contributed by atoms with Crippen LogP contribution in [-0.4, -0.2) is 19.7 Å². The number of pyridine rings is 1. The van der Waals surface area contributed by atoms with Crippen molar-refractivity contribution in [3.8, 4) is 28.5 Å². The normalized spacial score (nSPS) is 10.7. The molecule has 0 amide bonds. The molecule has 4 N–H and O–H groups in total. The highest BCUT2D eigenvalue weighted by atomic mass is 15.3. The summed E-state index contributed by atoms with van der Waals surface area (Å²) in [6, 6.07) is 19.0. The Morgan fingerprint density at radius 3 is 1.48 bits per heavy atom. The Morgan fingerprint density at radius 2 is 1.04 bits per heavy atom. The Bertz CT molecular complexity index is 926. The van der Waals surface area contributed by atoms with Crippen LogP contribution in [0.4, 0.5) is 11.4 Å². The monoisotopic (exact) mass is 328 g/mol. The Hall–Kier alpha value is -3.67. The van der Waals surface area contributed by atoms with E-state index in [0.29, 0.717) is 11.4 Å². The molecule has 2 heterocycles. The molecule has 4 aromatic rings. The minimum absolute atomic E-state index is 0.706. The summed E-state index contributed by atoms with van der Waals surface area (Å²) in [6.45, 7) is 0. The smallest absolute Gasteiger partial charge is 0.168 e. The van der Waals surface area contributed by atoms with Crippen LogP contribution in [0.2, 0.25) is 0 Å². The third-order valence-corrected chi connectivity index (χ3v) is 3.92. The molecular weight excluding hydrogens is 312 g/mol. The highest BCUT2D eigenvalue weighted by molar-refractivity contribution is 5.68. The molecule has 0 aliphatic carbocycles. The van der Waals surface area contributed by atoms with E-state index in [1.54, 1.807) is 12.4 Å². The maximum Gasteiger partial charge on any atom is 0.168 e. The van der Waals surface area contributed by atoms with Gasteiger partial charge in [0.1, 0.15) is 0 Å². The van der Waals surface area contributed by atoms with Gasteiger partial charge in [-0.05, 0) is 60.7 Å². The zero-order valence-corrected chi connectivity index (χ0v) is 13.4. The lowest BCUT2D eigenvalue weighted by atomic mass is 10.1. The van der Waals surface area contributed by atoms with Crippen molar-refractivity contribution in [2.24, 2.45) is 0 Å². The van der Waals surface area contributed by atoms with Gasteiger partial charge in [-0.2, -0.15) is 0 Å². The first-order valence-corrected chi connectivity index (χ1v) is 7.80. The number of nitrogen functional groups attached to an aromatic ring is 2. The summed E-state index contributed by atoms with van der Waals surface area (Å²) in [5, 5.41) is 8.82. The fourth-order valence-electron chi connectivity index (χ4n) is 2.66. The van der Waals surface area contributed by atoms with Crippen LogP contribution >= 0.6 is 0 Å². The summed E-state index contributed by atoms with van der Waals surface area (Å²) in [5.74, 6) is 1.47. The van der Waals surface area contributed by atoms with Gasteiger partial charge in [0.2, 0.25) is 0 Å². The predicted molar refractivity (Wildman–Crippen MR) is 98.9 cm³/mol. The van der Waals surface area contributed by atoms with E-state index in [9.17, 15) is 0 Å². The van der Waals surface area contributed by atoms with Gasteiger partial charge in [0.05, 0.1) is 5.69 Å². The molecule has 2 aromatic heterocycles. The van der Waals surface area contributed by atoms with E-state index in [1.807, 2.05) is 65.2 Å². The van der Waals surface area contributed by atoms with Gasteiger partial charge in [0, 0.05) is 34.9 Å². The molecule has 0 fully saturated rings. The predicted octanol–water partition coefficient (Wildman–Crippen LogP) is 3.16. The molecule has 0 saturated heterocycles. The Balaban J connectivity index is 1.94. The second-order valence-corrected chi connectivity index (χ2v) is 5.63. The van der Waals surface area contributed by atoms with E-state index >= 15 is 0 Å². The van der Waals surface area contributed by atoms with Crippen LogP contribution in [0.15, 0.2) is 73.1 Å². The van der Waals surface area contributed by atoms with Crippen molar-refractivity contribution in [3.05, 3.63) is 73.1 Å². The second kappa shape index (κ2) is 6.09. The van der Waals surface area contributed by atoms with Crippen LogP contribution in [0.3, 0.4) is 0 Å². The molecule has 4 rings (SSSR count). The first kappa shape index (κ1) is 14.9. The summed E-state index contributed by atoms with van der Waals surface area (Å²) in [6.07, 6.45) is 3.49. The van der Waals surface area contributed by atoms with Gasteiger partial charge in [-0.25, -0.2) is 0 Å². The van der Waals surface area contributed by atoms with Gasteiger partial charge in [0.15, 0.2) is 11.6 Å². The van der Waals surface area contributed by atoms with Crippen LogP contribution in [-0.2, 0) is 0 Å². The van der Waals surface area contributed by atoms with Crippen LogP contribution in [0.5, 0.6) is 0 Å². The van der Waals surface area contributed by atoms with Crippen LogP contribution in [0, 0.1) is 0 Å². The number of nitrogens with zero attached hydrogens (tertiary/aromatic N) is 4. The molecule has 0 saturated carbocycles. The van der Waals surface area contributed by atoms with Crippen molar-refractivity contribution < 1.29 is 0 Å². The Morgan fingerprint density at radius 1 is 0.600 bits per heavy atom. The number of aromatic nitrogens is 4. The van der Waals surface area contributed by atoms with Gasteiger partial charge < -0.3 is 11.5 Å². The molecule has 0 spiro atoms. The average Bonchev–Trinajstić information content (AvgIpc) is 3.09. The molecule has 25 heavy (non-hydrogen) atoms. The summed E-state index contributed by atoms with van der Waals surface area (Å²) in [4.78, 5) is 4.10. The molecule has 122 valence electrons. The first-order chi connectivity index (χ1) is 12.2. The number of hydrogen-bond acceptors (Lipinski definition) is 5. The molecule has 0 unspecified atom stereocenters. The van der Waals surface area contributed by atoms with Crippen molar-refractivity contribution in [2.45, 2.75) is 0 Å². The highest BCUT2D eigenvalue weighted by Gasteiger charge is 2.17. The Kier molecular flexibility index (Phi) is 3.63. The van der Waals surface area contributed by atoms with Crippen molar-refractivity contribution in [1.82, 2.24) is 19.7 Å². The maximum absolute atomic E-state index is 5.80. The lowest BCUT2D eigenvalue weighted by molar-refractivity contribution is 1.06. The quantitative estimate of drug-likeness (QED) is 0.563. The van der Waals surface area contributed by atoms with Crippen molar-refractivity contribution in [3.63, 3.8) is 0 Å². The third kappa shape index (κ3) is 2.81. The van der Waals surface area contributed by atoms with E-state index in [0.717, 1.165) is 28.5 Å². The molecular formula is C19H16N6. The summed E-state index contributed by atoms with van der Waals surface area (Å²) < 4.78 is 2.00.